The van der Waals surface area contributed by atoms with E-state index < -0.39 is 30.0 Å². The molecule has 2 N–H and O–H groups in total. The zero-order valence-corrected chi connectivity index (χ0v) is 19.0. The van der Waals surface area contributed by atoms with Crippen molar-refractivity contribution in [2.75, 3.05) is 12.4 Å². The highest BCUT2D eigenvalue weighted by Crippen LogP contribution is 2.33. The molecule has 0 saturated heterocycles. The maximum atomic E-state index is 13.7. The molecule has 1 aromatic carbocycles. The maximum Gasteiger partial charge on any atom is 0.269 e. The third-order valence-corrected chi connectivity index (χ3v) is 7.09. The number of pyridine rings is 2. The number of nitrogens with zero attached hydrogens (tertiary/aromatic N) is 3. The number of nitrogens with one attached hydrogen (secondary N) is 2. The number of anilines is 2. The monoisotopic (exact) mass is 489 g/mol. The van der Waals surface area contributed by atoms with E-state index in [1.54, 1.807) is 25.2 Å². The Hall–Kier alpha value is -3.44. The van der Waals surface area contributed by atoms with Crippen LogP contribution in [0.25, 0.3) is 10.9 Å². The third kappa shape index (κ3) is 4.24. The number of halogens is 3. The Balaban J connectivity index is 1.88. The van der Waals surface area contributed by atoms with Crippen LogP contribution in [-0.4, -0.2) is 29.4 Å². The van der Waals surface area contributed by atoms with Crippen molar-refractivity contribution in [2.45, 2.75) is 31.5 Å². The van der Waals surface area contributed by atoms with E-state index in [-0.39, 0.29) is 27.4 Å². The third-order valence-electron chi connectivity index (χ3n) is 5.43. The lowest BCUT2D eigenvalue weighted by molar-refractivity contribution is 0.443. The molecular formula is C23H22F3N5O2S. The van der Waals surface area contributed by atoms with E-state index >= 15 is 0 Å². The van der Waals surface area contributed by atoms with Crippen LogP contribution in [0.1, 0.15) is 22.4 Å². The quantitative estimate of drug-likeness (QED) is 0.359. The molecule has 3 heterocycles. The minimum atomic E-state index is -3.97. The topological polar surface area (TPSA) is 88.9 Å². The average molecular weight is 490 g/mol. The number of hydrogen-bond donors (Lipinski definition) is 2. The molecule has 0 unspecified atom stereocenters. The van der Waals surface area contributed by atoms with Gasteiger partial charge in [0.15, 0.2) is 0 Å². The summed E-state index contributed by atoms with van der Waals surface area (Å²) in [7, 11) is -2.22. The van der Waals surface area contributed by atoms with Crippen LogP contribution in [0.15, 0.2) is 60.0 Å². The summed E-state index contributed by atoms with van der Waals surface area (Å²) >= 11 is 0. The molecule has 0 aliphatic heterocycles. The Labute approximate surface area is 194 Å². The molecular weight excluding hydrogens is 467 g/mol. The predicted octanol–water partition coefficient (Wildman–Crippen LogP) is 4.54. The number of aromatic nitrogens is 3. The van der Waals surface area contributed by atoms with Crippen molar-refractivity contribution in [1.82, 2.24) is 19.3 Å². The molecule has 0 amide bonds. The predicted molar refractivity (Wildman–Crippen MR) is 123 cm³/mol. The number of benzene rings is 1. The fourth-order valence-electron chi connectivity index (χ4n) is 3.78. The normalized spacial score (nSPS) is 11.8. The molecule has 3 aromatic heterocycles. The lowest BCUT2D eigenvalue weighted by atomic mass is 10.1. The van der Waals surface area contributed by atoms with Gasteiger partial charge in [-0.3, -0.25) is 9.97 Å². The SMILES string of the molecule is CNCc1cn(S(=O)(=O)c2cccnc2)c2cc(Nc3c(CF)cnc(CF)c3CF)ccc12. The number of alkyl halides is 3. The second-order valence-corrected chi connectivity index (χ2v) is 9.33. The van der Waals surface area contributed by atoms with Gasteiger partial charge in [0, 0.05) is 53.5 Å². The number of hydrogen-bond acceptors (Lipinski definition) is 6. The minimum Gasteiger partial charge on any atom is -0.355 e. The summed E-state index contributed by atoms with van der Waals surface area (Å²) in [5.41, 5.74) is 1.44. The van der Waals surface area contributed by atoms with Crippen molar-refractivity contribution in [3.63, 3.8) is 0 Å². The highest BCUT2D eigenvalue weighted by atomic mass is 32.2. The molecule has 4 rings (SSSR count). The van der Waals surface area contributed by atoms with Gasteiger partial charge in [-0.25, -0.2) is 25.6 Å². The van der Waals surface area contributed by atoms with Crippen molar-refractivity contribution in [1.29, 1.82) is 0 Å². The van der Waals surface area contributed by atoms with Crippen LogP contribution in [0.2, 0.25) is 0 Å². The molecule has 34 heavy (non-hydrogen) atoms. The van der Waals surface area contributed by atoms with Gasteiger partial charge in [0.1, 0.15) is 24.9 Å². The van der Waals surface area contributed by atoms with Crippen molar-refractivity contribution < 1.29 is 21.6 Å². The van der Waals surface area contributed by atoms with Gasteiger partial charge < -0.3 is 10.6 Å². The van der Waals surface area contributed by atoms with Crippen molar-refractivity contribution in [2.24, 2.45) is 0 Å². The standard InChI is InChI=1S/C23H22F3N5O2S/c1-27-11-16-14-31(34(32,33)18-3-2-6-28-13-18)22-7-17(4-5-19(16)22)30-23-15(8-24)12-29-21(10-26)20(23)9-25/h2-7,12-14,27H,8-11H2,1H3,(H,29,30). The first-order valence-corrected chi connectivity index (χ1v) is 11.8. The summed E-state index contributed by atoms with van der Waals surface area (Å²) in [6.07, 6.45) is 5.43. The van der Waals surface area contributed by atoms with Crippen molar-refractivity contribution in [3.05, 3.63) is 77.5 Å². The van der Waals surface area contributed by atoms with Crippen LogP contribution in [0.3, 0.4) is 0 Å². The molecule has 4 aromatic rings. The van der Waals surface area contributed by atoms with E-state index in [9.17, 15) is 21.6 Å². The summed E-state index contributed by atoms with van der Waals surface area (Å²) in [5.74, 6) is 0. The second kappa shape index (κ2) is 9.82. The Morgan fingerprint density at radius 3 is 2.50 bits per heavy atom. The molecule has 7 nitrogen and oxygen atoms in total. The largest absolute Gasteiger partial charge is 0.355 e. The van der Waals surface area contributed by atoms with E-state index in [1.807, 2.05) is 0 Å². The van der Waals surface area contributed by atoms with Gasteiger partial charge in [0.2, 0.25) is 0 Å². The number of fused-ring (bicyclic) bond motifs is 1. The first kappa shape index (κ1) is 23.7. The Kier molecular flexibility index (Phi) is 6.85. The summed E-state index contributed by atoms with van der Waals surface area (Å²) in [4.78, 5) is 7.72. The van der Waals surface area contributed by atoms with Crippen molar-refractivity contribution in [3.8, 4) is 0 Å². The summed E-state index contributed by atoms with van der Waals surface area (Å²) < 4.78 is 68.5. The van der Waals surface area contributed by atoms with E-state index in [0.29, 0.717) is 23.1 Å². The summed E-state index contributed by atoms with van der Waals surface area (Å²) in [6, 6.07) is 7.94. The van der Waals surface area contributed by atoms with Gasteiger partial charge in [-0.15, -0.1) is 0 Å². The molecule has 0 radical (unpaired) electrons. The second-order valence-electron chi connectivity index (χ2n) is 7.52. The molecule has 0 atom stereocenters. The van der Waals surface area contributed by atoms with Gasteiger partial charge >= 0.3 is 0 Å². The minimum absolute atomic E-state index is 0.0161. The fourth-order valence-corrected chi connectivity index (χ4v) is 5.13. The fraction of sp³-hybridized carbons (Fsp3) is 0.217. The van der Waals surface area contributed by atoms with Crippen molar-refractivity contribution >= 4 is 32.3 Å². The molecule has 11 heteroatoms. The molecule has 0 aliphatic carbocycles. The van der Waals surface area contributed by atoms with Crippen LogP contribution in [0.5, 0.6) is 0 Å². The average Bonchev–Trinajstić information content (AvgIpc) is 3.23. The lowest BCUT2D eigenvalue weighted by Crippen LogP contribution is -2.12. The lowest BCUT2D eigenvalue weighted by Gasteiger charge is -2.16. The Morgan fingerprint density at radius 1 is 1.03 bits per heavy atom. The summed E-state index contributed by atoms with van der Waals surface area (Å²) in [5, 5.41) is 6.65. The highest BCUT2D eigenvalue weighted by molar-refractivity contribution is 7.90. The van der Waals surface area contributed by atoms with Crippen LogP contribution in [-0.2, 0) is 36.6 Å². The van der Waals surface area contributed by atoms with Crippen LogP contribution < -0.4 is 10.6 Å². The Morgan fingerprint density at radius 2 is 1.85 bits per heavy atom. The highest BCUT2D eigenvalue weighted by Gasteiger charge is 2.22. The van der Waals surface area contributed by atoms with Gasteiger partial charge in [-0.2, -0.15) is 0 Å². The van der Waals surface area contributed by atoms with E-state index in [1.165, 1.54) is 30.7 Å². The molecule has 0 saturated carbocycles. The Bertz CT molecular complexity index is 1430. The molecule has 0 aliphatic rings. The van der Waals surface area contributed by atoms with Gasteiger partial charge in [0.05, 0.1) is 16.9 Å². The van der Waals surface area contributed by atoms with Crippen LogP contribution >= 0.6 is 0 Å². The van der Waals surface area contributed by atoms with E-state index in [2.05, 4.69) is 20.6 Å². The zero-order valence-electron chi connectivity index (χ0n) is 18.2. The first-order chi connectivity index (χ1) is 16.4. The molecule has 0 bridgehead atoms. The van der Waals surface area contributed by atoms with Gasteiger partial charge in [-0.05, 0) is 36.9 Å². The van der Waals surface area contributed by atoms with Gasteiger partial charge in [0.25, 0.3) is 10.0 Å². The van der Waals surface area contributed by atoms with Gasteiger partial charge in [-0.1, -0.05) is 6.07 Å². The molecule has 0 spiro atoms. The van der Waals surface area contributed by atoms with E-state index in [0.717, 1.165) is 15.7 Å². The number of rotatable bonds is 9. The molecule has 0 fully saturated rings. The maximum absolute atomic E-state index is 13.7. The smallest absolute Gasteiger partial charge is 0.269 e. The van der Waals surface area contributed by atoms with E-state index in [4.69, 9.17) is 0 Å². The zero-order chi connectivity index (χ0) is 24.3. The van der Waals surface area contributed by atoms with Crippen LogP contribution in [0, 0.1) is 0 Å². The summed E-state index contributed by atoms with van der Waals surface area (Å²) in [6.45, 7) is -2.56. The first-order valence-electron chi connectivity index (χ1n) is 10.3. The van der Waals surface area contributed by atoms with Crippen LogP contribution in [0.4, 0.5) is 24.5 Å². The molecule has 178 valence electrons.